The number of nitrogens with zero attached hydrogens (tertiary/aromatic N) is 7. The number of amides is 1. The number of hydrogen-bond donors (Lipinski definition) is 2. The van der Waals surface area contributed by atoms with Gasteiger partial charge in [0.2, 0.25) is 11.6 Å². The van der Waals surface area contributed by atoms with Crippen molar-refractivity contribution in [3.05, 3.63) is 58.5 Å². The normalized spacial score (nSPS) is 16.1. The first-order valence-corrected chi connectivity index (χ1v) is 15.0. The molecule has 2 saturated heterocycles. The van der Waals surface area contributed by atoms with E-state index in [0.717, 1.165) is 61.0 Å². The zero-order valence-electron chi connectivity index (χ0n) is 24.0. The number of pyridine rings is 1. The van der Waals surface area contributed by atoms with Crippen LogP contribution >= 0.6 is 11.3 Å². The zero-order chi connectivity index (χ0) is 29.5. The molecule has 12 heteroatoms. The smallest absolute Gasteiger partial charge is 0.270 e. The van der Waals surface area contributed by atoms with Crippen molar-refractivity contribution in [3.8, 4) is 17.3 Å². The van der Waals surface area contributed by atoms with Gasteiger partial charge in [-0.2, -0.15) is 5.26 Å². The SMILES string of the molecule is CCc1[nH]c2c(C)cc(N3CCN(CC(=O)N4CC(O)C4)CC3)c[n+]2c1N(C)c1nc(-c2ccc(F)cc2)c(C#N)s1. The maximum Gasteiger partial charge on any atom is 0.270 e. The van der Waals surface area contributed by atoms with Crippen LogP contribution < -0.4 is 14.2 Å². The van der Waals surface area contributed by atoms with Gasteiger partial charge in [0.15, 0.2) is 0 Å². The van der Waals surface area contributed by atoms with Gasteiger partial charge in [0.1, 0.15) is 28.2 Å². The van der Waals surface area contributed by atoms with Crippen LogP contribution in [-0.4, -0.2) is 89.7 Å². The lowest BCUT2D eigenvalue weighted by Gasteiger charge is -2.39. The number of aromatic nitrogens is 3. The summed E-state index contributed by atoms with van der Waals surface area (Å²) in [5.74, 6) is 0.696. The fraction of sp³-hybridized carbons (Fsp3) is 0.400. The van der Waals surface area contributed by atoms with Gasteiger partial charge in [0.25, 0.3) is 10.9 Å². The largest absolute Gasteiger partial charge is 0.389 e. The molecule has 42 heavy (non-hydrogen) atoms. The Morgan fingerprint density at radius 2 is 1.98 bits per heavy atom. The van der Waals surface area contributed by atoms with Crippen molar-refractivity contribution >= 4 is 39.5 Å². The number of piperazine rings is 1. The van der Waals surface area contributed by atoms with Crippen molar-refractivity contribution in [2.45, 2.75) is 26.4 Å². The highest BCUT2D eigenvalue weighted by Crippen LogP contribution is 2.36. The van der Waals surface area contributed by atoms with E-state index in [1.807, 2.05) is 11.9 Å². The lowest BCUT2D eigenvalue weighted by atomic mass is 10.1. The van der Waals surface area contributed by atoms with E-state index >= 15 is 0 Å². The van der Waals surface area contributed by atoms with Crippen LogP contribution in [-0.2, 0) is 11.2 Å². The number of nitriles is 1. The van der Waals surface area contributed by atoms with E-state index in [1.54, 1.807) is 17.0 Å². The molecule has 0 bridgehead atoms. The van der Waals surface area contributed by atoms with Crippen molar-refractivity contribution in [1.82, 2.24) is 19.8 Å². The summed E-state index contributed by atoms with van der Waals surface area (Å²) in [6.07, 6.45) is 2.54. The highest BCUT2D eigenvalue weighted by molar-refractivity contribution is 7.16. The number of aryl methyl sites for hydroxylation is 2. The predicted molar refractivity (Wildman–Crippen MR) is 160 cm³/mol. The molecule has 5 heterocycles. The highest BCUT2D eigenvalue weighted by Gasteiger charge is 2.32. The van der Waals surface area contributed by atoms with Crippen LogP contribution in [0.4, 0.5) is 21.0 Å². The number of H-pyrrole nitrogens is 1. The van der Waals surface area contributed by atoms with Crippen LogP contribution in [0.25, 0.3) is 16.9 Å². The average molecular weight is 590 g/mol. The van der Waals surface area contributed by atoms with Crippen LogP contribution in [0.3, 0.4) is 0 Å². The van der Waals surface area contributed by atoms with Gasteiger partial charge in [-0.05, 0) is 37.3 Å². The Kier molecular flexibility index (Phi) is 7.57. The summed E-state index contributed by atoms with van der Waals surface area (Å²) in [7, 11) is 1.96. The molecule has 6 rings (SSSR count). The Bertz CT molecular complexity index is 1660. The lowest BCUT2D eigenvalue weighted by Crippen LogP contribution is -2.57. The van der Waals surface area contributed by atoms with Gasteiger partial charge in [-0.3, -0.25) is 14.7 Å². The van der Waals surface area contributed by atoms with Crippen molar-refractivity contribution < 1.29 is 18.7 Å². The second-order valence-corrected chi connectivity index (χ2v) is 11.9. The molecule has 2 aliphatic heterocycles. The first kappa shape index (κ1) is 28.1. The maximum absolute atomic E-state index is 13.5. The quantitative estimate of drug-likeness (QED) is 0.320. The number of imidazole rings is 1. The van der Waals surface area contributed by atoms with Crippen molar-refractivity contribution in [2.75, 3.05) is 62.7 Å². The summed E-state index contributed by atoms with van der Waals surface area (Å²) in [5, 5.41) is 20.0. The predicted octanol–water partition coefficient (Wildman–Crippen LogP) is 2.85. The Morgan fingerprint density at radius 3 is 2.62 bits per heavy atom. The molecule has 3 aromatic heterocycles. The average Bonchev–Trinajstić information content (AvgIpc) is 3.58. The molecule has 2 aliphatic rings. The summed E-state index contributed by atoms with van der Waals surface area (Å²) in [6.45, 7) is 8.64. The second-order valence-electron chi connectivity index (χ2n) is 10.9. The van der Waals surface area contributed by atoms with Crippen LogP contribution in [0.5, 0.6) is 0 Å². The summed E-state index contributed by atoms with van der Waals surface area (Å²) in [6, 6.07) is 10.5. The van der Waals surface area contributed by atoms with E-state index in [1.165, 1.54) is 23.5 Å². The molecule has 2 N–H and O–H groups in total. The van der Waals surface area contributed by atoms with Crippen LogP contribution in [0.15, 0.2) is 36.5 Å². The molecule has 0 unspecified atom stereocenters. The van der Waals surface area contributed by atoms with Crippen LogP contribution in [0.2, 0.25) is 0 Å². The summed E-state index contributed by atoms with van der Waals surface area (Å²) in [5.41, 5.74) is 5.50. The minimum Gasteiger partial charge on any atom is -0.389 e. The van der Waals surface area contributed by atoms with Gasteiger partial charge in [-0.1, -0.05) is 18.3 Å². The number of hydrogen-bond acceptors (Lipinski definition) is 8. The Hall–Kier alpha value is -4.05. The molecule has 0 aliphatic carbocycles. The molecular formula is C30H34FN8O2S+. The van der Waals surface area contributed by atoms with Gasteiger partial charge in [-0.15, -0.1) is 0 Å². The van der Waals surface area contributed by atoms with Crippen molar-refractivity contribution in [2.24, 2.45) is 0 Å². The van der Waals surface area contributed by atoms with E-state index in [4.69, 9.17) is 4.98 Å². The van der Waals surface area contributed by atoms with Gasteiger partial charge < -0.3 is 14.9 Å². The molecule has 4 aromatic rings. The van der Waals surface area contributed by atoms with Crippen molar-refractivity contribution in [1.29, 1.82) is 5.26 Å². The molecule has 0 radical (unpaired) electrons. The topological polar surface area (TPSA) is 107 Å². The van der Waals surface area contributed by atoms with Crippen LogP contribution in [0.1, 0.15) is 23.1 Å². The first-order chi connectivity index (χ1) is 20.2. The molecule has 0 atom stereocenters. The number of β-amino-alcohol motifs (C(OH)–C–C–N with tert-alkyl or cyclic N) is 1. The van der Waals surface area contributed by atoms with Crippen molar-refractivity contribution in [3.63, 3.8) is 0 Å². The number of fused-ring (bicyclic) bond motifs is 1. The van der Waals surface area contributed by atoms with E-state index < -0.39 is 0 Å². The summed E-state index contributed by atoms with van der Waals surface area (Å²) >= 11 is 1.31. The number of nitrogens with one attached hydrogen (secondary N) is 1. The third-order valence-electron chi connectivity index (χ3n) is 8.11. The van der Waals surface area contributed by atoms with E-state index in [0.29, 0.717) is 40.9 Å². The summed E-state index contributed by atoms with van der Waals surface area (Å²) < 4.78 is 15.7. The standard InChI is InChI=1S/C30H33FN8O2S/c1-4-24-29(35(3)30-34-27(25(14-32)42-30)20-5-7-21(31)8-6-20)39-15-22(13-19(2)28(39)33-24)37-11-9-36(10-12-37)18-26(41)38-16-23(40)17-38/h5-8,13,15,23,40H,4,9-12,16-18H2,1-3H3/p+1. The summed E-state index contributed by atoms with van der Waals surface area (Å²) in [4.78, 5) is 29.6. The minimum absolute atomic E-state index is 0.0815. The lowest BCUT2D eigenvalue weighted by molar-refractivity contribution is -0.495. The number of aromatic amines is 1. The molecule has 0 saturated carbocycles. The number of halogens is 1. The maximum atomic E-state index is 13.5. The Balaban J connectivity index is 1.27. The molecule has 218 valence electrons. The van der Waals surface area contributed by atoms with Gasteiger partial charge >= 0.3 is 0 Å². The number of aliphatic hydroxyl groups excluding tert-OH is 1. The first-order valence-electron chi connectivity index (χ1n) is 14.2. The molecule has 1 aromatic carbocycles. The minimum atomic E-state index is -0.382. The number of aliphatic hydroxyl groups is 1. The Labute approximate surface area is 247 Å². The van der Waals surface area contributed by atoms with E-state index in [-0.39, 0.29) is 17.8 Å². The third-order valence-corrected chi connectivity index (χ3v) is 9.15. The molecular weight excluding hydrogens is 555 g/mol. The van der Waals surface area contributed by atoms with E-state index in [2.05, 4.69) is 51.4 Å². The number of carbonyl (C=O) groups is 1. The monoisotopic (exact) mass is 589 g/mol. The highest BCUT2D eigenvalue weighted by atomic mass is 32.1. The zero-order valence-corrected chi connectivity index (χ0v) is 24.8. The number of anilines is 3. The number of likely N-dealkylation sites (tertiary alicyclic amines) is 1. The Morgan fingerprint density at radius 1 is 1.26 bits per heavy atom. The number of rotatable bonds is 7. The third kappa shape index (κ3) is 5.19. The number of carbonyl (C=O) groups excluding carboxylic acids is 1. The van der Waals surface area contributed by atoms with E-state index in [9.17, 15) is 19.6 Å². The van der Waals surface area contributed by atoms with Gasteiger partial charge in [-0.25, -0.2) is 18.7 Å². The van der Waals surface area contributed by atoms with Gasteiger partial charge in [0, 0.05) is 56.8 Å². The molecule has 0 spiro atoms. The fourth-order valence-electron chi connectivity index (χ4n) is 5.70. The number of benzene rings is 1. The molecule has 1 amide bonds. The van der Waals surface area contributed by atoms with Crippen LogP contribution in [0, 0.1) is 24.1 Å². The number of thiazole rings is 1. The molecule has 2 fully saturated rings. The molecule has 10 nitrogen and oxygen atoms in total. The fourth-order valence-corrected chi connectivity index (χ4v) is 6.55. The van der Waals surface area contributed by atoms with Gasteiger partial charge in [0.05, 0.1) is 31.6 Å². The second kappa shape index (κ2) is 11.3.